The molecular formula is C9H16BrNO4. The van der Waals surface area contributed by atoms with Crippen molar-refractivity contribution in [2.75, 3.05) is 12.4 Å². The molecule has 0 aliphatic rings. The van der Waals surface area contributed by atoms with Crippen LogP contribution in [0, 0.1) is 0 Å². The van der Waals surface area contributed by atoms with Crippen molar-refractivity contribution in [3.63, 3.8) is 0 Å². The molecule has 0 bridgehead atoms. The number of carbonyl (C=O) groups is 2. The molecule has 88 valence electrons. The van der Waals surface area contributed by atoms with Gasteiger partial charge in [0.05, 0.1) is 7.11 Å². The molecule has 1 amide bonds. The van der Waals surface area contributed by atoms with Gasteiger partial charge < -0.3 is 14.8 Å². The summed E-state index contributed by atoms with van der Waals surface area (Å²) in [6.07, 6.45) is -0.641. The van der Waals surface area contributed by atoms with Gasteiger partial charge in [-0.3, -0.25) is 0 Å². The highest BCUT2D eigenvalue weighted by molar-refractivity contribution is 9.09. The maximum absolute atomic E-state index is 11.3. The van der Waals surface area contributed by atoms with Crippen molar-refractivity contribution in [2.24, 2.45) is 0 Å². The number of nitrogens with one attached hydrogen (secondary N) is 1. The number of halogens is 1. The molecule has 0 saturated carbocycles. The first-order valence-electron chi connectivity index (χ1n) is 4.43. The van der Waals surface area contributed by atoms with E-state index in [4.69, 9.17) is 4.74 Å². The lowest BCUT2D eigenvalue weighted by molar-refractivity contribution is -0.142. The van der Waals surface area contributed by atoms with Gasteiger partial charge in [0.15, 0.2) is 0 Å². The molecule has 0 aliphatic carbocycles. The Labute approximate surface area is 97.6 Å². The number of methoxy groups -OCH3 is 1. The van der Waals surface area contributed by atoms with Crippen LogP contribution in [0.15, 0.2) is 0 Å². The lowest BCUT2D eigenvalue weighted by atomic mass is 10.2. The van der Waals surface area contributed by atoms with E-state index in [1.807, 2.05) is 0 Å². The van der Waals surface area contributed by atoms with E-state index in [9.17, 15) is 9.59 Å². The van der Waals surface area contributed by atoms with E-state index in [1.54, 1.807) is 20.8 Å². The van der Waals surface area contributed by atoms with Gasteiger partial charge in [-0.1, -0.05) is 15.9 Å². The van der Waals surface area contributed by atoms with Crippen LogP contribution >= 0.6 is 15.9 Å². The molecule has 5 nitrogen and oxygen atoms in total. The molecule has 15 heavy (non-hydrogen) atoms. The van der Waals surface area contributed by atoms with Crippen LogP contribution in [0.25, 0.3) is 0 Å². The van der Waals surface area contributed by atoms with Crippen LogP contribution in [-0.4, -0.2) is 36.1 Å². The summed E-state index contributed by atoms with van der Waals surface area (Å²) >= 11 is 3.09. The topological polar surface area (TPSA) is 64.6 Å². The van der Waals surface area contributed by atoms with Crippen LogP contribution < -0.4 is 5.32 Å². The Balaban J connectivity index is 4.20. The summed E-state index contributed by atoms with van der Waals surface area (Å²) in [5.41, 5.74) is -0.586. The molecule has 0 spiro atoms. The van der Waals surface area contributed by atoms with Crippen LogP contribution in [0.3, 0.4) is 0 Å². The van der Waals surface area contributed by atoms with Gasteiger partial charge in [0.1, 0.15) is 11.6 Å². The lowest BCUT2D eigenvalue weighted by Gasteiger charge is -2.21. The Morgan fingerprint density at radius 2 is 1.93 bits per heavy atom. The molecule has 0 fully saturated rings. The van der Waals surface area contributed by atoms with E-state index in [1.165, 1.54) is 7.11 Å². The van der Waals surface area contributed by atoms with Gasteiger partial charge in [0, 0.05) is 5.33 Å². The lowest BCUT2D eigenvalue weighted by Crippen LogP contribution is -2.45. The van der Waals surface area contributed by atoms with Crippen LogP contribution in [0.2, 0.25) is 0 Å². The molecule has 0 radical (unpaired) electrons. The van der Waals surface area contributed by atoms with Crippen LogP contribution in [0.4, 0.5) is 4.79 Å². The summed E-state index contributed by atoms with van der Waals surface area (Å²) in [6, 6.07) is -0.732. The van der Waals surface area contributed by atoms with E-state index in [-0.39, 0.29) is 5.33 Å². The van der Waals surface area contributed by atoms with E-state index in [0.29, 0.717) is 0 Å². The first-order chi connectivity index (χ1) is 6.80. The van der Waals surface area contributed by atoms with Crippen molar-refractivity contribution >= 4 is 28.0 Å². The largest absolute Gasteiger partial charge is 0.467 e. The number of amides is 1. The average molecular weight is 282 g/mol. The Morgan fingerprint density at radius 1 is 1.40 bits per heavy atom. The maximum Gasteiger partial charge on any atom is 0.408 e. The Hall–Kier alpha value is -0.780. The van der Waals surface area contributed by atoms with Crippen molar-refractivity contribution in [1.82, 2.24) is 5.32 Å². The number of ether oxygens (including phenoxy) is 2. The summed E-state index contributed by atoms with van der Waals surface area (Å²) < 4.78 is 9.48. The van der Waals surface area contributed by atoms with Crippen LogP contribution in [0.1, 0.15) is 20.8 Å². The minimum atomic E-state index is -0.732. The second-order valence-corrected chi connectivity index (χ2v) is 4.52. The summed E-state index contributed by atoms with van der Waals surface area (Å²) in [5, 5.41) is 2.67. The number of alkyl carbamates (subject to hydrolysis) is 1. The smallest absolute Gasteiger partial charge is 0.408 e. The zero-order valence-electron chi connectivity index (χ0n) is 9.30. The molecule has 0 rings (SSSR count). The summed E-state index contributed by atoms with van der Waals surface area (Å²) in [7, 11) is 1.26. The van der Waals surface area contributed by atoms with E-state index >= 15 is 0 Å². The third-order valence-electron chi connectivity index (χ3n) is 1.33. The third-order valence-corrected chi connectivity index (χ3v) is 1.98. The summed E-state index contributed by atoms with van der Waals surface area (Å²) in [4.78, 5) is 22.4. The Morgan fingerprint density at radius 3 is 2.27 bits per heavy atom. The predicted molar refractivity (Wildman–Crippen MR) is 59.0 cm³/mol. The molecule has 0 aliphatic heterocycles. The Bertz CT molecular complexity index is 237. The van der Waals surface area contributed by atoms with Crippen molar-refractivity contribution in [3.8, 4) is 0 Å². The van der Waals surface area contributed by atoms with Crippen molar-refractivity contribution in [1.29, 1.82) is 0 Å². The molecule has 1 atom stereocenters. The molecule has 0 aromatic carbocycles. The number of carbonyl (C=O) groups excluding carboxylic acids is 2. The second-order valence-electron chi connectivity index (χ2n) is 3.88. The quantitative estimate of drug-likeness (QED) is 0.628. The van der Waals surface area contributed by atoms with Crippen LogP contribution in [0.5, 0.6) is 0 Å². The highest BCUT2D eigenvalue weighted by atomic mass is 79.9. The summed E-state index contributed by atoms with van der Waals surface area (Å²) in [6.45, 7) is 5.23. The molecular weight excluding hydrogens is 266 g/mol. The zero-order chi connectivity index (χ0) is 12.1. The van der Waals surface area contributed by atoms with E-state index < -0.39 is 23.7 Å². The normalized spacial score (nSPS) is 12.9. The minimum absolute atomic E-state index is 0.277. The standard InChI is InChI=1S/C9H16BrNO4/c1-9(2,3)15-8(13)11-6(5-10)7(12)14-4/h6H,5H2,1-4H3,(H,11,13). The van der Waals surface area contributed by atoms with Gasteiger partial charge in [-0.2, -0.15) is 0 Å². The SMILES string of the molecule is COC(=O)C(CBr)NC(=O)OC(C)(C)C. The van der Waals surface area contributed by atoms with Gasteiger partial charge >= 0.3 is 12.1 Å². The predicted octanol–water partition coefficient (Wildman–Crippen LogP) is 1.45. The average Bonchev–Trinajstić information content (AvgIpc) is 2.10. The summed E-state index contributed by atoms with van der Waals surface area (Å²) in [5.74, 6) is -0.516. The van der Waals surface area contributed by atoms with Gasteiger partial charge in [0.25, 0.3) is 0 Å². The molecule has 1 N–H and O–H groups in total. The first-order valence-corrected chi connectivity index (χ1v) is 5.55. The third kappa shape index (κ3) is 6.33. The van der Waals surface area contributed by atoms with Gasteiger partial charge in [0.2, 0.25) is 0 Å². The molecule has 0 heterocycles. The number of hydrogen-bond donors (Lipinski definition) is 1. The molecule has 6 heteroatoms. The highest BCUT2D eigenvalue weighted by Gasteiger charge is 2.23. The van der Waals surface area contributed by atoms with Gasteiger partial charge in [-0.25, -0.2) is 9.59 Å². The van der Waals surface area contributed by atoms with E-state index in [2.05, 4.69) is 26.0 Å². The van der Waals surface area contributed by atoms with E-state index in [0.717, 1.165) is 0 Å². The maximum atomic E-state index is 11.3. The fourth-order valence-corrected chi connectivity index (χ4v) is 1.18. The first kappa shape index (κ1) is 14.2. The number of hydrogen-bond acceptors (Lipinski definition) is 4. The molecule has 1 unspecified atom stereocenters. The Kier molecular flexibility index (Phi) is 5.64. The minimum Gasteiger partial charge on any atom is -0.467 e. The number of esters is 1. The zero-order valence-corrected chi connectivity index (χ0v) is 10.9. The van der Waals surface area contributed by atoms with Gasteiger partial charge in [-0.05, 0) is 20.8 Å². The molecule has 0 saturated heterocycles. The van der Waals surface area contributed by atoms with Crippen molar-refractivity contribution in [3.05, 3.63) is 0 Å². The monoisotopic (exact) mass is 281 g/mol. The fraction of sp³-hybridized carbons (Fsp3) is 0.778. The number of rotatable bonds is 3. The highest BCUT2D eigenvalue weighted by Crippen LogP contribution is 2.07. The fourth-order valence-electron chi connectivity index (χ4n) is 0.753. The van der Waals surface area contributed by atoms with Crippen molar-refractivity contribution < 1.29 is 19.1 Å². The molecule has 0 aromatic heterocycles. The molecule has 0 aromatic rings. The second kappa shape index (κ2) is 5.95. The van der Waals surface area contributed by atoms with Crippen LogP contribution in [-0.2, 0) is 14.3 Å². The van der Waals surface area contributed by atoms with Gasteiger partial charge in [-0.15, -0.1) is 0 Å². The van der Waals surface area contributed by atoms with Crippen molar-refractivity contribution in [2.45, 2.75) is 32.4 Å². The number of alkyl halides is 1.